The normalized spacial score (nSPS) is 21.9. The molecule has 0 unspecified atom stereocenters. The zero-order valence-electron chi connectivity index (χ0n) is 12.7. The standard InChI is InChI=1S/C15H23BClNO2/c1-14(2)15(3,4)20-16(19-14)13(18-17)11-10-12-8-6-5-7-9-12/h5-9,13,18H,10-11H2,1-4H3/t13-/m0/s1. The summed E-state index contributed by atoms with van der Waals surface area (Å²) in [6, 6.07) is 10.4. The molecule has 0 aromatic heterocycles. The Morgan fingerprint density at radius 2 is 1.65 bits per heavy atom. The largest absolute Gasteiger partial charge is 0.477 e. The van der Waals surface area contributed by atoms with Gasteiger partial charge in [0.25, 0.3) is 0 Å². The fourth-order valence-corrected chi connectivity index (χ4v) is 2.47. The molecule has 1 saturated heterocycles. The lowest BCUT2D eigenvalue weighted by Gasteiger charge is -2.32. The smallest absolute Gasteiger partial charge is 0.402 e. The molecule has 20 heavy (non-hydrogen) atoms. The summed E-state index contributed by atoms with van der Waals surface area (Å²) in [4.78, 5) is 2.81. The Bertz CT molecular complexity index is 423. The van der Waals surface area contributed by atoms with E-state index in [2.05, 4.69) is 44.7 Å². The van der Waals surface area contributed by atoms with Crippen LogP contribution in [0.2, 0.25) is 0 Å². The summed E-state index contributed by atoms with van der Waals surface area (Å²) < 4.78 is 12.1. The van der Waals surface area contributed by atoms with Gasteiger partial charge in [0.05, 0.1) is 17.1 Å². The summed E-state index contributed by atoms with van der Waals surface area (Å²) in [5.41, 5.74) is 0.647. The fraction of sp³-hybridized carbons (Fsp3) is 0.600. The molecule has 110 valence electrons. The van der Waals surface area contributed by atoms with Crippen molar-refractivity contribution in [1.82, 2.24) is 4.84 Å². The van der Waals surface area contributed by atoms with Crippen LogP contribution in [0.5, 0.6) is 0 Å². The average Bonchev–Trinajstić information content (AvgIpc) is 2.60. The van der Waals surface area contributed by atoms with Crippen molar-refractivity contribution in [2.75, 3.05) is 0 Å². The highest BCUT2D eigenvalue weighted by Gasteiger charge is 2.53. The molecule has 1 aliphatic rings. The first-order chi connectivity index (χ1) is 9.36. The Labute approximate surface area is 127 Å². The van der Waals surface area contributed by atoms with Gasteiger partial charge >= 0.3 is 7.12 Å². The van der Waals surface area contributed by atoms with Crippen LogP contribution in [0.3, 0.4) is 0 Å². The van der Waals surface area contributed by atoms with E-state index in [1.165, 1.54) is 5.56 Å². The van der Waals surface area contributed by atoms with Gasteiger partial charge < -0.3 is 9.31 Å². The summed E-state index contributed by atoms with van der Waals surface area (Å²) in [5.74, 6) is -0.0297. The first-order valence-corrected chi connectivity index (χ1v) is 7.49. The predicted octanol–water partition coefficient (Wildman–Crippen LogP) is 3.36. The number of nitrogens with one attached hydrogen (secondary N) is 1. The molecule has 0 radical (unpaired) electrons. The van der Waals surface area contributed by atoms with Crippen LogP contribution in [0.1, 0.15) is 39.7 Å². The van der Waals surface area contributed by atoms with Crippen molar-refractivity contribution in [1.29, 1.82) is 0 Å². The van der Waals surface area contributed by atoms with Gasteiger partial charge in [0, 0.05) is 0 Å². The van der Waals surface area contributed by atoms with Crippen LogP contribution < -0.4 is 4.84 Å². The maximum atomic E-state index is 6.04. The van der Waals surface area contributed by atoms with Crippen molar-refractivity contribution in [3.05, 3.63) is 35.9 Å². The second-order valence-electron chi connectivity index (χ2n) is 6.36. The lowest BCUT2D eigenvalue weighted by atomic mass is 9.76. The van der Waals surface area contributed by atoms with Crippen molar-refractivity contribution in [3.8, 4) is 0 Å². The van der Waals surface area contributed by atoms with Gasteiger partial charge in [-0.15, -0.1) is 0 Å². The Balaban J connectivity index is 1.96. The lowest BCUT2D eigenvalue weighted by Crippen LogP contribution is -2.42. The zero-order chi connectivity index (χ0) is 14.8. The molecule has 0 bridgehead atoms. The van der Waals surface area contributed by atoms with Crippen LogP contribution in [-0.4, -0.2) is 24.3 Å². The van der Waals surface area contributed by atoms with Gasteiger partial charge in [0.15, 0.2) is 0 Å². The minimum atomic E-state index is -0.323. The monoisotopic (exact) mass is 295 g/mol. The van der Waals surface area contributed by atoms with E-state index in [0.717, 1.165) is 12.8 Å². The number of aryl methyl sites for hydroxylation is 1. The Morgan fingerprint density at radius 3 is 2.15 bits per heavy atom. The minimum Gasteiger partial charge on any atom is -0.402 e. The molecule has 0 aliphatic carbocycles. The molecule has 0 saturated carbocycles. The van der Waals surface area contributed by atoms with Crippen molar-refractivity contribution in [2.45, 2.75) is 57.7 Å². The SMILES string of the molecule is CC1(C)OB([C@H](CCc2ccccc2)NCl)OC1(C)C. The van der Waals surface area contributed by atoms with Crippen LogP contribution in [-0.2, 0) is 15.7 Å². The van der Waals surface area contributed by atoms with Crippen LogP contribution >= 0.6 is 11.8 Å². The maximum absolute atomic E-state index is 6.04. The number of benzene rings is 1. The fourth-order valence-electron chi connectivity index (χ4n) is 2.26. The van der Waals surface area contributed by atoms with Crippen molar-refractivity contribution >= 4 is 18.9 Å². The van der Waals surface area contributed by atoms with Gasteiger partial charge in [-0.2, -0.15) is 0 Å². The summed E-state index contributed by atoms with van der Waals surface area (Å²) in [6.45, 7) is 8.20. The van der Waals surface area contributed by atoms with E-state index in [0.29, 0.717) is 0 Å². The van der Waals surface area contributed by atoms with Gasteiger partial charge in [-0.25, -0.2) is 4.84 Å². The zero-order valence-corrected chi connectivity index (χ0v) is 13.4. The predicted molar refractivity (Wildman–Crippen MR) is 83.6 cm³/mol. The third kappa shape index (κ3) is 3.37. The molecule has 1 aromatic carbocycles. The molecular weight excluding hydrogens is 272 g/mol. The van der Waals surface area contributed by atoms with E-state index in [9.17, 15) is 0 Å². The molecular formula is C15H23BClNO2. The molecule has 3 nitrogen and oxygen atoms in total. The topological polar surface area (TPSA) is 30.5 Å². The summed E-state index contributed by atoms with van der Waals surface area (Å²) in [5, 5.41) is 0. The number of hydrogen-bond acceptors (Lipinski definition) is 3. The second-order valence-corrected chi connectivity index (χ2v) is 6.58. The number of hydrogen-bond donors (Lipinski definition) is 1. The molecule has 2 rings (SSSR count). The van der Waals surface area contributed by atoms with Gasteiger partial charge in [-0.1, -0.05) is 30.3 Å². The molecule has 0 spiro atoms. The van der Waals surface area contributed by atoms with E-state index >= 15 is 0 Å². The van der Waals surface area contributed by atoms with E-state index in [-0.39, 0.29) is 24.3 Å². The average molecular weight is 296 g/mol. The Morgan fingerprint density at radius 1 is 1.10 bits per heavy atom. The molecule has 1 N–H and O–H groups in total. The molecule has 1 aliphatic heterocycles. The van der Waals surface area contributed by atoms with Crippen LogP contribution in [0.25, 0.3) is 0 Å². The van der Waals surface area contributed by atoms with E-state index < -0.39 is 0 Å². The summed E-state index contributed by atoms with van der Waals surface area (Å²) in [7, 11) is -0.318. The summed E-state index contributed by atoms with van der Waals surface area (Å²) in [6.07, 6.45) is 1.81. The first kappa shape index (κ1) is 15.8. The highest BCUT2D eigenvalue weighted by atomic mass is 35.5. The minimum absolute atomic E-state index is 0.0297. The van der Waals surface area contributed by atoms with Crippen LogP contribution in [0, 0.1) is 0 Å². The van der Waals surface area contributed by atoms with E-state index in [1.54, 1.807) is 0 Å². The quantitative estimate of drug-likeness (QED) is 0.667. The van der Waals surface area contributed by atoms with E-state index in [1.807, 2.05) is 18.2 Å². The van der Waals surface area contributed by atoms with Gasteiger partial charge in [-0.05, 0) is 57.9 Å². The highest BCUT2D eigenvalue weighted by Crippen LogP contribution is 2.38. The van der Waals surface area contributed by atoms with E-state index in [4.69, 9.17) is 21.1 Å². The molecule has 1 aromatic rings. The third-order valence-electron chi connectivity index (χ3n) is 4.33. The number of halogens is 1. The van der Waals surface area contributed by atoms with Gasteiger partial charge in [-0.3, -0.25) is 0 Å². The first-order valence-electron chi connectivity index (χ1n) is 7.11. The number of rotatable bonds is 5. The summed E-state index contributed by atoms with van der Waals surface area (Å²) >= 11 is 5.89. The second kappa shape index (κ2) is 6.06. The van der Waals surface area contributed by atoms with Crippen LogP contribution in [0.4, 0.5) is 0 Å². The maximum Gasteiger partial charge on any atom is 0.477 e. The highest BCUT2D eigenvalue weighted by molar-refractivity contribution is 6.48. The van der Waals surface area contributed by atoms with Gasteiger partial charge in [0.2, 0.25) is 0 Å². The van der Waals surface area contributed by atoms with Crippen molar-refractivity contribution in [3.63, 3.8) is 0 Å². The van der Waals surface area contributed by atoms with Gasteiger partial charge in [0.1, 0.15) is 0 Å². The molecule has 1 fully saturated rings. The van der Waals surface area contributed by atoms with Crippen molar-refractivity contribution in [2.24, 2.45) is 0 Å². The van der Waals surface area contributed by atoms with Crippen molar-refractivity contribution < 1.29 is 9.31 Å². The molecule has 1 heterocycles. The molecule has 1 atom stereocenters. The third-order valence-corrected chi connectivity index (χ3v) is 4.61. The molecule has 5 heteroatoms. The van der Waals surface area contributed by atoms with Crippen LogP contribution in [0.15, 0.2) is 30.3 Å². The molecule has 0 amide bonds. The Hall–Kier alpha value is -0.545. The Kier molecular flexibility index (Phi) is 4.80. The lowest BCUT2D eigenvalue weighted by molar-refractivity contribution is 0.00578.